The molecule has 0 spiro atoms. The van der Waals surface area contributed by atoms with E-state index in [0.29, 0.717) is 22.6 Å². The van der Waals surface area contributed by atoms with Gasteiger partial charge >= 0.3 is 0 Å². The molecule has 2 rings (SSSR count). The van der Waals surface area contributed by atoms with E-state index in [-0.39, 0.29) is 18.9 Å². The molecule has 0 aliphatic carbocycles. The highest BCUT2D eigenvalue weighted by Crippen LogP contribution is 2.21. The third-order valence-corrected chi connectivity index (χ3v) is 6.57. The normalized spacial score (nSPS) is 11.4. The van der Waals surface area contributed by atoms with Crippen molar-refractivity contribution in [2.75, 3.05) is 32.6 Å². The van der Waals surface area contributed by atoms with Crippen LogP contribution in [0.2, 0.25) is 0 Å². The van der Waals surface area contributed by atoms with Crippen LogP contribution in [0.15, 0.2) is 41.3 Å². The van der Waals surface area contributed by atoms with Gasteiger partial charge in [-0.1, -0.05) is 29.8 Å². The van der Waals surface area contributed by atoms with Gasteiger partial charge in [0, 0.05) is 46.3 Å². The van der Waals surface area contributed by atoms with Crippen LogP contribution < -0.4 is 9.62 Å². The van der Waals surface area contributed by atoms with E-state index in [9.17, 15) is 13.2 Å². The molecule has 1 N–H and O–H groups in total. The van der Waals surface area contributed by atoms with E-state index in [4.69, 9.17) is 0 Å². The van der Waals surface area contributed by atoms with Gasteiger partial charge in [-0.2, -0.15) is 0 Å². The molecule has 0 radical (unpaired) electrons. The number of benzene rings is 2. The maximum atomic E-state index is 12.7. The fourth-order valence-electron chi connectivity index (χ4n) is 3.41. The molecule has 0 bridgehead atoms. The first-order chi connectivity index (χ1) is 13.5. The first-order valence-electron chi connectivity index (χ1n) is 9.59. The van der Waals surface area contributed by atoms with Gasteiger partial charge in [0.25, 0.3) is 0 Å². The van der Waals surface area contributed by atoms with Gasteiger partial charge in [0.05, 0.1) is 4.90 Å². The summed E-state index contributed by atoms with van der Waals surface area (Å²) in [5, 5.41) is 0. The molecule has 0 aliphatic rings. The maximum Gasteiger partial charge on any atom is 0.241 e. The number of aryl methyl sites for hydroxylation is 3. The predicted octanol–water partition coefficient (Wildman–Crippen LogP) is 3.00. The smallest absolute Gasteiger partial charge is 0.241 e. The highest BCUT2D eigenvalue weighted by atomic mass is 32.2. The number of hydrogen-bond donors (Lipinski definition) is 1. The van der Waals surface area contributed by atoms with Crippen LogP contribution in [0, 0.1) is 20.8 Å². The van der Waals surface area contributed by atoms with Gasteiger partial charge in [-0.05, 0) is 49.6 Å². The average molecular weight is 418 g/mol. The fourth-order valence-corrected chi connectivity index (χ4v) is 4.89. The average Bonchev–Trinajstić information content (AvgIpc) is 2.60. The zero-order chi connectivity index (χ0) is 21.8. The van der Waals surface area contributed by atoms with Gasteiger partial charge < -0.3 is 9.80 Å². The summed E-state index contributed by atoms with van der Waals surface area (Å²) < 4.78 is 27.9. The summed E-state index contributed by atoms with van der Waals surface area (Å²) in [6.07, 6.45) is 0.107. The second-order valence-electron chi connectivity index (χ2n) is 7.69. The Kier molecular flexibility index (Phi) is 7.43. The molecule has 2 aromatic rings. The number of hydrogen-bond acceptors (Lipinski definition) is 4. The molecular weight excluding hydrogens is 386 g/mol. The van der Waals surface area contributed by atoms with E-state index in [1.54, 1.807) is 25.8 Å². The Balaban J connectivity index is 1.93. The molecule has 0 aliphatic heterocycles. The Hall–Kier alpha value is -2.38. The summed E-state index contributed by atoms with van der Waals surface area (Å²) in [5.74, 6) is -0.110. The molecular formula is C22H31N3O3S. The van der Waals surface area contributed by atoms with Crippen LogP contribution >= 0.6 is 0 Å². The second kappa shape index (κ2) is 9.41. The lowest BCUT2D eigenvalue weighted by Crippen LogP contribution is -2.32. The van der Waals surface area contributed by atoms with Crippen molar-refractivity contribution in [2.24, 2.45) is 0 Å². The molecule has 2 aromatic carbocycles. The monoisotopic (exact) mass is 417 g/mol. The van der Waals surface area contributed by atoms with Crippen LogP contribution in [0.4, 0.5) is 5.69 Å². The Bertz CT molecular complexity index is 944. The van der Waals surface area contributed by atoms with Crippen molar-refractivity contribution in [3.05, 3.63) is 58.7 Å². The minimum absolute atomic E-state index is 0.0673. The molecule has 0 saturated heterocycles. The lowest BCUT2D eigenvalue weighted by Gasteiger charge is -2.19. The largest absolute Gasteiger partial charge is 0.378 e. The van der Waals surface area contributed by atoms with Gasteiger partial charge in [0.1, 0.15) is 0 Å². The molecule has 7 heteroatoms. The minimum Gasteiger partial charge on any atom is -0.378 e. The van der Waals surface area contributed by atoms with Crippen LogP contribution in [0.5, 0.6) is 0 Å². The van der Waals surface area contributed by atoms with Gasteiger partial charge in [0.2, 0.25) is 15.9 Å². The predicted molar refractivity (Wildman–Crippen MR) is 118 cm³/mol. The molecule has 0 atom stereocenters. The number of carbonyl (C=O) groups is 1. The van der Waals surface area contributed by atoms with Gasteiger partial charge in [-0.3, -0.25) is 4.79 Å². The molecule has 29 heavy (non-hydrogen) atoms. The fraction of sp³-hybridized carbons (Fsp3) is 0.409. The lowest BCUT2D eigenvalue weighted by molar-refractivity contribution is -0.130. The SMILES string of the molecule is Cc1cc(C)c(S(=O)(=O)NCCC(=O)N(C)Cc2ccc(N(C)C)cc2)c(C)c1. The van der Waals surface area contributed by atoms with Crippen LogP contribution in [0.1, 0.15) is 28.7 Å². The Morgan fingerprint density at radius 2 is 1.52 bits per heavy atom. The number of anilines is 1. The second-order valence-corrected chi connectivity index (χ2v) is 9.39. The molecule has 1 amide bonds. The van der Waals surface area contributed by atoms with E-state index < -0.39 is 10.0 Å². The zero-order valence-electron chi connectivity index (χ0n) is 18.1. The molecule has 0 fully saturated rings. The van der Waals surface area contributed by atoms with Crippen molar-refractivity contribution < 1.29 is 13.2 Å². The molecule has 0 aromatic heterocycles. The molecule has 0 saturated carbocycles. The van der Waals surface area contributed by atoms with Crippen LogP contribution in [-0.4, -0.2) is 46.9 Å². The number of nitrogens with one attached hydrogen (secondary N) is 1. The topological polar surface area (TPSA) is 69.7 Å². The van der Waals surface area contributed by atoms with Gasteiger partial charge in [0.15, 0.2) is 0 Å². The molecule has 0 unspecified atom stereocenters. The van der Waals surface area contributed by atoms with Gasteiger partial charge in [-0.25, -0.2) is 13.1 Å². The number of amides is 1. The summed E-state index contributed by atoms with van der Waals surface area (Å²) >= 11 is 0. The van der Waals surface area contributed by atoms with Crippen LogP contribution in [0.25, 0.3) is 0 Å². The van der Waals surface area contributed by atoms with Crippen molar-refractivity contribution in [1.29, 1.82) is 0 Å². The highest BCUT2D eigenvalue weighted by molar-refractivity contribution is 7.89. The van der Waals surface area contributed by atoms with Gasteiger partial charge in [-0.15, -0.1) is 0 Å². The van der Waals surface area contributed by atoms with Crippen molar-refractivity contribution in [3.8, 4) is 0 Å². The van der Waals surface area contributed by atoms with Crippen molar-refractivity contribution in [2.45, 2.75) is 38.6 Å². The number of rotatable bonds is 8. The number of sulfonamides is 1. The standard InChI is InChI=1S/C22H31N3O3S/c1-16-13-17(2)22(18(3)14-16)29(27,28)23-12-11-21(26)25(6)15-19-7-9-20(10-8-19)24(4)5/h7-10,13-14,23H,11-12,15H2,1-6H3. The third kappa shape index (κ3) is 6.05. The van der Waals surface area contributed by atoms with Crippen LogP contribution in [0.3, 0.4) is 0 Å². The quantitative estimate of drug-likeness (QED) is 0.717. The van der Waals surface area contributed by atoms with E-state index >= 15 is 0 Å². The minimum atomic E-state index is -3.66. The first kappa shape index (κ1) is 22.9. The third-order valence-electron chi connectivity index (χ3n) is 4.80. The Morgan fingerprint density at radius 1 is 0.966 bits per heavy atom. The molecule has 158 valence electrons. The number of nitrogens with zero attached hydrogens (tertiary/aromatic N) is 2. The summed E-state index contributed by atoms with van der Waals surface area (Å²) in [7, 11) is 2.03. The first-order valence-corrected chi connectivity index (χ1v) is 11.1. The number of carbonyl (C=O) groups excluding carboxylic acids is 1. The van der Waals surface area contributed by atoms with Crippen molar-refractivity contribution in [1.82, 2.24) is 9.62 Å². The van der Waals surface area contributed by atoms with Crippen molar-refractivity contribution in [3.63, 3.8) is 0 Å². The van der Waals surface area contributed by atoms with E-state index in [2.05, 4.69) is 4.72 Å². The summed E-state index contributed by atoms with van der Waals surface area (Å²) in [5.41, 5.74) is 4.56. The highest BCUT2D eigenvalue weighted by Gasteiger charge is 2.20. The Labute approximate surface area is 174 Å². The zero-order valence-corrected chi connectivity index (χ0v) is 18.9. The molecule has 0 heterocycles. The summed E-state index contributed by atoms with van der Waals surface area (Å²) in [6, 6.07) is 11.7. The van der Waals surface area contributed by atoms with E-state index in [0.717, 1.165) is 16.8 Å². The summed E-state index contributed by atoms with van der Waals surface area (Å²) in [4.78, 5) is 16.3. The van der Waals surface area contributed by atoms with Crippen LogP contribution in [-0.2, 0) is 21.4 Å². The molecule has 6 nitrogen and oxygen atoms in total. The van der Waals surface area contributed by atoms with Crippen molar-refractivity contribution >= 4 is 21.6 Å². The van der Waals surface area contributed by atoms with E-state index in [1.165, 1.54) is 0 Å². The Morgan fingerprint density at radius 3 is 2.03 bits per heavy atom. The summed E-state index contributed by atoms with van der Waals surface area (Å²) in [6.45, 7) is 6.06. The maximum absolute atomic E-state index is 12.7. The lowest BCUT2D eigenvalue weighted by atomic mass is 10.1. The van der Waals surface area contributed by atoms with E-state index in [1.807, 2.05) is 62.3 Å².